The van der Waals surface area contributed by atoms with Gasteiger partial charge in [-0.25, -0.2) is 0 Å². The lowest BCUT2D eigenvalue weighted by Gasteiger charge is -2.22. The molecule has 0 radical (unpaired) electrons. The molecule has 1 N–H and O–H groups in total. The molecule has 1 aromatic rings. The maximum Gasteiger partial charge on any atom is 0.0700 e. The molecule has 2 heterocycles. The predicted molar refractivity (Wildman–Crippen MR) is 63.2 cm³/mol. The highest BCUT2D eigenvalue weighted by Crippen LogP contribution is 2.21. The van der Waals surface area contributed by atoms with E-state index in [0.717, 1.165) is 19.4 Å². The molecular weight excluding hydrogens is 202 g/mol. The van der Waals surface area contributed by atoms with Gasteiger partial charge in [0.2, 0.25) is 0 Å². The van der Waals surface area contributed by atoms with E-state index in [0.29, 0.717) is 18.2 Å². The quantitative estimate of drug-likeness (QED) is 0.843. The summed E-state index contributed by atoms with van der Waals surface area (Å²) in [5.74, 6) is 0. The van der Waals surface area contributed by atoms with E-state index in [-0.39, 0.29) is 0 Å². The predicted octanol–water partition coefficient (Wildman–Crippen LogP) is 1.64. The van der Waals surface area contributed by atoms with Crippen LogP contribution in [0.1, 0.15) is 38.3 Å². The van der Waals surface area contributed by atoms with Gasteiger partial charge in [-0.1, -0.05) is 6.92 Å². The number of aryl methyl sites for hydroxylation is 1. The second kappa shape index (κ2) is 4.97. The van der Waals surface area contributed by atoms with E-state index in [1.165, 1.54) is 5.56 Å². The lowest BCUT2D eigenvalue weighted by atomic mass is 10.0. The van der Waals surface area contributed by atoms with E-state index in [2.05, 4.69) is 30.5 Å². The van der Waals surface area contributed by atoms with Crippen LogP contribution in [0.5, 0.6) is 0 Å². The molecule has 90 valence electrons. The minimum atomic E-state index is 0.325. The minimum Gasteiger partial charge on any atom is -0.377 e. The first-order valence-corrected chi connectivity index (χ1v) is 6.07. The molecule has 4 nitrogen and oxygen atoms in total. The molecule has 3 atom stereocenters. The van der Waals surface area contributed by atoms with Gasteiger partial charge >= 0.3 is 0 Å². The standard InChI is InChI=1S/C12H21N3O/c1-4-11(10-7-13-15(3)8-10)14-12-5-6-16-9(12)2/h7-9,11-12,14H,4-6H2,1-3H3. The molecule has 0 aromatic carbocycles. The molecule has 1 aliphatic rings. The monoisotopic (exact) mass is 223 g/mol. The highest BCUT2D eigenvalue weighted by atomic mass is 16.5. The summed E-state index contributed by atoms with van der Waals surface area (Å²) in [6.07, 6.45) is 6.54. The van der Waals surface area contributed by atoms with E-state index < -0.39 is 0 Å². The molecule has 3 unspecified atom stereocenters. The molecule has 0 aliphatic carbocycles. The average Bonchev–Trinajstić information content (AvgIpc) is 2.85. The molecule has 0 saturated carbocycles. The zero-order chi connectivity index (χ0) is 11.5. The fourth-order valence-electron chi connectivity index (χ4n) is 2.28. The number of ether oxygens (including phenoxy) is 1. The van der Waals surface area contributed by atoms with Gasteiger partial charge in [-0.2, -0.15) is 5.10 Å². The van der Waals surface area contributed by atoms with Gasteiger partial charge in [-0.05, 0) is 19.8 Å². The van der Waals surface area contributed by atoms with Crippen molar-refractivity contribution in [3.05, 3.63) is 18.0 Å². The Balaban J connectivity index is 2.00. The smallest absolute Gasteiger partial charge is 0.0700 e. The summed E-state index contributed by atoms with van der Waals surface area (Å²) in [5.41, 5.74) is 1.27. The summed E-state index contributed by atoms with van der Waals surface area (Å²) >= 11 is 0. The Hall–Kier alpha value is -0.870. The number of nitrogens with zero attached hydrogens (tertiary/aromatic N) is 2. The van der Waals surface area contributed by atoms with Gasteiger partial charge in [0.1, 0.15) is 0 Å². The highest BCUT2D eigenvalue weighted by Gasteiger charge is 2.26. The molecule has 1 aromatic heterocycles. The summed E-state index contributed by atoms with van der Waals surface area (Å²) in [4.78, 5) is 0. The molecule has 1 fully saturated rings. The third kappa shape index (κ3) is 2.44. The Labute approximate surface area is 97.0 Å². The average molecular weight is 223 g/mol. The zero-order valence-electron chi connectivity index (χ0n) is 10.3. The number of hydrogen-bond acceptors (Lipinski definition) is 3. The van der Waals surface area contributed by atoms with Crippen molar-refractivity contribution in [1.82, 2.24) is 15.1 Å². The fourth-order valence-corrected chi connectivity index (χ4v) is 2.28. The van der Waals surface area contributed by atoms with Crippen LogP contribution in [-0.4, -0.2) is 28.5 Å². The first kappa shape index (κ1) is 11.6. The van der Waals surface area contributed by atoms with Crippen LogP contribution in [0.25, 0.3) is 0 Å². The van der Waals surface area contributed by atoms with Gasteiger partial charge in [-0.15, -0.1) is 0 Å². The van der Waals surface area contributed by atoms with Crippen molar-refractivity contribution < 1.29 is 4.74 Å². The summed E-state index contributed by atoms with van der Waals surface area (Å²) in [6, 6.07) is 0.869. The van der Waals surface area contributed by atoms with Crippen LogP contribution < -0.4 is 5.32 Å². The first-order valence-electron chi connectivity index (χ1n) is 6.07. The maximum absolute atomic E-state index is 5.57. The van der Waals surface area contributed by atoms with Crippen molar-refractivity contribution in [3.63, 3.8) is 0 Å². The summed E-state index contributed by atoms with van der Waals surface area (Å²) in [7, 11) is 1.96. The highest BCUT2D eigenvalue weighted by molar-refractivity contribution is 5.10. The number of hydrogen-bond donors (Lipinski definition) is 1. The van der Waals surface area contributed by atoms with E-state index in [4.69, 9.17) is 4.74 Å². The van der Waals surface area contributed by atoms with Gasteiger partial charge in [0.15, 0.2) is 0 Å². The van der Waals surface area contributed by atoms with Gasteiger partial charge in [-0.3, -0.25) is 4.68 Å². The number of rotatable bonds is 4. The van der Waals surface area contributed by atoms with Gasteiger partial charge < -0.3 is 10.1 Å². The Bertz CT molecular complexity index is 337. The lowest BCUT2D eigenvalue weighted by Crippen LogP contribution is -2.37. The summed E-state index contributed by atoms with van der Waals surface area (Å²) in [5, 5.41) is 7.89. The molecule has 1 aliphatic heterocycles. The van der Waals surface area contributed by atoms with E-state index in [9.17, 15) is 0 Å². The molecule has 4 heteroatoms. The van der Waals surface area contributed by atoms with Crippen LogP contribution in [0.4, 0.5) is 0 Å². The molecule has 1 saturated heterocycles. The van der Waals surface area contributed by atoms with Crippen LogP contribution in [0.3, 0.4) is 0 Å². The normalized spacial score (nSPS) is 27.2. The van der Waals surface area contributed by atoms with Crippen molar-refractivity contribution >= 4 is 0 Å². The van der Waals surface area contributed by atoms with E-state index in [1.54, 1.807) is 0 Å². The van der Waals surface area contributed by atoms with Crippen LogP contribution >= 0.6 is 0 Å². The molecule has 0 spiro atoms. The molecule has 16 heavy (non-hydrogen) atoms. The third-order valence-corrected chi connectivity index (χ3v) is 3.33. The Morgan fingerprint density at radius 3 is 3.00 bits per heavy atom. The van der Waals surface area contributed by atoms with Gasteiger partial charge in [0.05, 0.1) is 12.3 Å². The van der Waals surface area contributed by atoms with Crippen molar-refractivity contribution in [2.75, 3.05) is 6.61 Å². The topological polar surface area (TPSA) is 39.1 Å². The Kier molecular flexibility index (Phi) is 3.61. The lowest BCUT2D eigenvalue weighted by molar-refractivity contribution is 0.110. The number of aromatic nitrogens is 2. The fraction of sp³-hybridized carbons (Fsp3) is 0.750. The van der Waals surface area contributed by atoms with E-state index in [1.807, 2.05) is 17.9 Å². The number of nitrogens with one attached hydrogen (secondary N) is 1. The van der Waals surface area contributed by atoms with Crippen molar-refractivity contribution in [2.45, 2.75) is 44.9 Å². The van der Waals surface area contributed by atoms with Crippen LogP contribution in [0, 0.1) is 0 Å². The van der Waals surface area contributed by atoms with Crippen molar-refractivity contribution in [3.8, 4) is 0 Å². The van der Waals surface area contributed by atoms with Crippen molar-refractivity contribution in [2.24, 2.45) is 7.05 Å². The van der Waals surface area contributed by atoms with Crippen LogP contribution in [-0.2, 0) is 11.8 Å². The third-order valence-electron chi connectivity index (χ3n) is 3.33. The Morgan fingerprint density at radius 1 is 1.69 bits per heavy atom. The molecule has 0 amide bonds. The van der Waals surface area contributed by atoms with Gasteiger partial charge in [0, 0.05) is 37.5 Å². The summed E-state index contributed by atoms with van der Waals surface area (Å²) < 4.78 is 7.42. The van der Waals surface area contributed by atoms with Crippen LogP contribution in [0.15, 0.2) is 12.4 Å². The van der Waals surface area contributed by atoms with Crippen LogP contribution in [0.2, 0.25) is 0 Å². The second-order valence-corrected chi connectivity index (χ2v) is 4.55. The van der Waals surface area contributed by atoms with Crippen molar-refractivity contribution in [1.29, 1.82) is 0 Å². The maximum atomic E-state index is 5.57. The van der Waals surface area contributed by atoms with Gasteiger partial charge in [0.25, 0.3) is 0 Å². The SMILES string of the molecule is CCC(NC1CCOC1C)c1cnn(C)c1. The first-order chi connectivity index (χ1) is 7.70. The minimum absolute atomic E-state index is 0.325. The van der Waals surface area contributed by atoms with E-state index >= 15 is 0 Å². The summed E-state index contributed by atoms with van der Waals surface area (Å²) in [6.45, 7) is 5.22. The zero-order valence-corrected chi connectivity index (χ0v) is 10.3. The molecular formula is C12H21N3O. The molecule has 0 bridgehead atoms. The second-order valence-electron chi connectivity index (χ2n) is 4.55. The largest absolute Gasteiger partial charge is 0.377 e. The molecule has 2 rings (SSSR count). The Morgan fingerprint density at radius 2 is 2.50 bits per heavy atom.